The van der Waals surface area contributed by atoms with Gasteiger partial charge >= 0.3 is 12.1 Å². The van der Waals surface area contributed by atoms with E-state index >= 15 is 0 Å². The van der Waals surface area contributed by atoms with Crippen LogP contribution >= 0.6 is 0 Å². The fourth-order valence-electron chi connectivity index (χ4n) is 1.78. The Hall–Kier alpha value is -3.02. The largest absolute Gasteiger partial charge is 0.448 e. The van der Waals surface area contributed by atoms with Gasteiger partial charge in [0.05, 0.1) is 0 Å². The lowest BCUT2D eigenvalue weighted by Gasteiger charge is -2.14. The van der Waals surface area contributed by atoms with Crippen LogP contribution in [0, 0.1) is 11.3 Å². The predicted molar refractivity (Wildman–Crippen MR) is 89.0 cm³/mol. The van der Waals surface area contributed by atoms with Crippen molar-refractivity contribution in [1.82, 2.24) is 5.32 Å². The molecular weight excluding hydrogens is 351 g/mol. The summed E-state index contributed by atoms with van der Waals surface area (Å²) >= 11 is 0. The van der Waals surface area contributed by atoms with Gasteiger partial charge in [-0.05, 0) is 30.7 Å². The van der Waals surface area contributed by atoms with Gasteiger partial charge in [0.1, 0.15) is 18.2 Å². The van der Waals surface area contributed by atoms with Crippen molar-refractivity contribution in [2.75, 3.05) is 25.5 Å². The molecule has 1 amide bonds. The van der Waals surface area contributed by atoms with Gasteiger partial charge in [-0.1, -0.05) is 12.1 Å². The molecule has 0 aliphatic carbocycles. The third-order valence-corrected chi connectivity index (χ3v) is 3.18. The van der Waals surface area contributed by atoms with Crippen LogP contribution < -0.4 is 10.2 Å². The van der Waals surface area contributed by atoms with Gasteiger partial charge in [0, 0.05) is 19.8 Å². The molecule has 0 radical (unpaired) electrons. The summed E-state index contributed by atoms with van der Waals surface area (Å²) < 4.78 is 41.0. The molecule has 0 saturated heterocycles. The van der Waals surface area contributed by atoms with Crippen molar-refractivity contribution in [3.05, 3.63) is 35.4 Å². The summed E-state index contributed by atoms with van der Waals surface area (Å²) in [5.41, 5.74) is 1.09. The molecule has 1 atom stereocenters. The highest BCUT2D eigenvalue weighted by Gasteiger charge is 2.29. The molecule has 0 fully saturated rings. The van der Waals surface area contributed by atoms with Crippen LogP contribution in [0.2, 0.25) is 0 Å². The van der Waals surface area contributed by atoms with E-state index in [0.717, 1.165) is 12.6 Å². The predicted octanol–water partition coefficient (Wildman–Crippen LogP) is 2.27. The van der Waals surface area contributed by atoms with E-state index in [9.17, 15) is 22.8 Å². The lowest BCUT2D eigenvalue weighted by Crippen LogP contribution is -2.40. The monoisotopic (exact) mass is 369 g/mol. The van der Waals surface area contributed by atoms with E-state index in [0.29, 0.717) is 5.56 Å². The second-order valence-corrected chi connectivity index (χ2v) is 5.54. The number of nitriles is 1. The molecule has 0 aromatic heterocycles. The van der Waals surface area contributed by atoms with E-state index in [2.05, 4.69) is 0 Å². The smallest absolute Gasteiger partial charge is 0.405 e. The number of halogens is 3. The molecule has 1 aromatic rings. The minimum absolute atomic E-state index is 0.377. The molecule has 1 N–H and O–H groups in total. The fourth-order valence-corrected chi connectivity index (χ4v) is 1.78. The number of nitrogens with one attached hydrogen (secondary N) is 1. The Balaban J connectivity index is 2.76. The van der Waals surface area contributed by atoms with E-state index in [1.54, 1.807) is 35.7 Å². The lowest BCUT2D eigenvalue weighted by molar-refractivity contribution is -0.154. The molecule has 0 spiro atoms. The molecule has 0 bridgehead atoms. The van der Waals surface area contributed by atoms with Crippen LogP contribution in [0.3, 0.4) is 0 Å². The molecule has 26 heavy (non-hydrogen) atoms. The van der Waals surface area contributed by atoms with Gasteiger partial charge in [-0.3, -0.25) is 4.79 Å². The molecule has 1 rings (SSSR count). The topological polar surface area (TPSA) is 82.4 Å². The number of carbonyl (C=O) groups is 2. The van der Waals surface area contributed by atoms with Crippen molar-refractivity contribution in [2.45, 2.75) is 19.2 Å². The number of anilines is 1. The van der Waals surface area contributed by atoms with Gasteiger partial charge in [0.2, 0.25) is 0 Å². The Labute approximate surface area is 148 Å². The van der Waals surface area contributed by atoms with Crippen molar-refractivity contribution in [2.24, 2.45) is 0 Å². The average Bonchev–Trinajstić information content (AvgIpc) is 2.56. The van der Waals surface area contributed by atoms with Crippen LogP contribution in [-0.2, 0) is 14.3 Å². The summed E-state index contributed by atoms with van der Waals surface area (Å²) in [5.74, 6) is -2.21. The van der Waals surface area contributed by atoms with Crippen LogP contribution in [0.15, 0.2) is 29.8 Å². The average molecular weight is 369 g/mol. The second kappa shape index (κ2) is 8.89. The highest BCUT2D eigenvalue weighted by molar-refractivity contribution is 5.99. The molecule has 0 saturated carbocycles. The van der Waals surface area contributed by atoms with Crippen LogP contribution in [-0.4, -0.2) is 44.8 Å². The Kier molecular flexibility index (Phi) is 7.19. The summed E-state index contributed by atoms with van der Waals surface area (Å²) in [5, 5.41) is 10.7. The lowest BCUT2D eigenvalue weighted by atomic mass is 10.1. The van der Waals surface area contributed by atoms with Crippen LogP contribution in [0.4, 0.5) is 18.9 Å². The number of nitrogens with zero attached hydrogens (tertiary/aromatic N) is 2. The third kappa shape index (κ3) is 6.84. The van der Waals surface area contributed by atoms with E-state index < -0.39 is 30.7 Å². The molecule has 9 heteroatoms. The zero-order valence-corrected chi connectivity index (χ0v) is 14.4. The highest BCUT2D eigenvalue weighted by atomic mass is 19.4. The van der Waals surface area contributed by atoms with Crippen molar-refractivity contribution in [3.63, 3.8) is 0 Å². The maximum absolute atomic E-state index is 12.1. The zero-order chi connectivity index (χ0) is 19.9. The van der Waals surface area contributed by atoms with Crippen molar-refractivity contribution >= 4 is 23.6 Å². The fraction of sp³-hybridized carbons (Fsp3) is 0.353. The molecule has 1 aromatic carbocycles. The Morgan fingerprint density at radius 1 is 1.31 bits per heavy atom. The van der Waals surface area contributed by atoms with E-state index in [1.165, 1.54) is 6.08 Å². The first-order valence-corrected chi connectivity index (χ1v) is 7.48. The van der Waals surface area contributed by atoms with Gasteiger partial charge in [-0.25, -0.2) is 4.79 Å². The van der Waals surface area contributed by atoms with Gasteiger partial charge in [-0.2, -0.15) is 18.4 Å². The zero-order valence-electron chi connectivity index (χ0n) is 14.4. The van der Waals surface area contributed by atoms with E-state index in [1.807, 2.05) is 19.0 Å². The molecule has 0 aliphatic rings. The third-order valence-electron chi connectivity index (χ3n) is 3.18. The summed E-state index contributed by atoms with van der Waals surface area (Å²) in [7, 11) is 3.71. The second-order valence-electron chi connectivity index (χ2n) is 5.54. The van der Waals surface area contributed by atoms with Gasteiger partial charge < -0.3 is 15.0 Å². The minimum Gasteiger partial charge on any atom is -0.448 e. The number of amides is 1. The highest BCUT2D eigenvalue weighted by Crippen LogP contribution is 2.16. The number of alkyl halides is 3. The van der Waals surface area contributed by atoms with E-state index in [4.69, 9.17) is 10.00 Å². The molecule has 140 valence electrons. The first-order chi connectivity index (χ1) is 12.0. The summed E-state index contributed by atoms with van der Waals surface area (Å²) in [6.07, 6.45) is -4.78. The summed E-state index contributed by atoms with van der Waals surface area (Å²) in [4.78, 5) is 25.3. The summed E-state index contributed by atoms with van der Waals surface area (Å²) in [6, 6.07) is 8.57. The van der Waals surface area contributed by atoms with Crippen LogP contribution in [0.1, 0.15) is 12.5 Å². The molecule has 0 heterocycles. The molecular formula is C17H18F3N3O3. The van der Waals surface area contributed by atoms with Crippen molar-refractivity contribution in [1.29, 1.82) is 5.26 Å². The number of rotatable bonds is 6. The molecule has 1 unspecified atom stereocenters. The number of carbonyl (C=O) groups excluding carboxylic acids is 2. The normalized spacial score (nSPS) is 12.7. The Bertz CT molecular complexity index is 719. The molecule has 6 nitrogen and oxygen atoms in total. The molecule has 0 aliphatic heterocycles. The number of hydrogen-bond donors (Lipinski definition) is 1. The quantitative estimate of drug-likeness (QED) is 0.473. The number of benzene rings is 1. The SMILES string of the molecule is CC(OC(=O)/C(C#N)=C/c1ccc(N(C)C)cc1)C(=O)NCC(F)(F)F. The van der Waals surface area contributed by atoms with Gasteiger partial charge in [0.25, 0.3) is 5.91 Å². The van der Waals surface area contributed by atoms with Gasteiger partial charge in [0.15, 0.2) is 6.10 Å². The maximum Gasteiger partial charge on any atom is 0.405 e. The van der Waals surface area contributed by atoms with Crippen LogP contribution in [0.5, 0.6) is 0 Å². The first kappa shape index (κ1) is 21.0. The Morgan fingerprint density at radius 3 is 2.35 bits per heavy atom. The van der Waals surface area contributed by atoms with E-state index in [-0.39, 0.29) is 5.57 Å². The standard InChI is InChI=1S/C17H18F3N3O3/c1-11(15(24)22-10-17(18,19)20)26-16(25)13(9-21)8-12-4-6-14(7-5-12)23(2)3/h4-8,11H,10H2,1-3H3,(H,22,24)/b13-8+. The number of esters is 1. The van der Waals surface area contributed by atoms with Crippen molar-refractivity contribution < 1.29 is 27.5 Å². The van der Waals surface area contributed by atoms with Crippen molar-refractivity contribution in [3.8, 4) is 6.07 Å². The van der Waals surface area contributed by atoms with Crippen LogP contribution in [0.25, 0.3) is 6.08 Å². The maximum atomic E-state index is 12.1. The summed E-state index contributed by atoms with van der Waals surface area (Å²) in [6.45, 7) is -0.419. The Morgan fingerprint density at radius 2 is 1.88 bits per heavy atom. The minimum atomic E-state index is -4.57. The number of hydrogen-bond acceptors (Lipinski definition) is 5. The first-order valence-electron chi connectivity index (χ1n) is 7.48. The number of ether oxygens (including phenoxy) is 1. The van der Waals surface area contributed by atoms with Gasteiger partial charge in [-0.15, -0.1) is 0 Å².